The molecular weight excluding hydrogens is 360 g/mol. The zero-order chi connectivity index (χ0) is 19.9. The van der Waals surface area contributed by atoms with Crippen LogP contribution in [-0.2, 0) is 6.42 Å². The molecule has 2 amide bonds. The van der Waals surface area contributed by atoms with Gasteiger partial charge in [-0.05, 0) is 55.5 Å². The van der Waals surface area contributed by atoms with E-state index in [-0.39, 0.29) is 6.03 Å². The molecule has 2 fully saturated rings. The van der Waals surface area contributed by atoms with Gasteiger partial charge >= 0.3 is 6.03 Å². The first kappa shape index (κ1) is 19.6. The van der Waals surface area contributed by atoms with Gasteiger partial charge < -0.3 is 20.0 Å². The molecule has 0 aliphatic carbocycles. The Morgan fingerprint density at radius 2 is 1.34 bits per heavy atom. The van der Waals surface area contributed by atoms with Crippen molar-refractivity contribution in [2.75, 3.05) is 55.6 Å². The Hall–Kier alpha value is -2.69. The second kappa shape index (κ2) is 9.68. The van der Waals surface area contributed by atoms with Gasteiger partial charge in [-0.2, -0.15) is 0 Å². The number of aryl methyl sites for hydroxylation is 1. The molecule has 0 radical (unpaired) electrons. The number of carbonyl (C=O) groups is 1. The summed E-state index contributed by atoms with van der Waals surface area (Å²) in [5.41, 5.74) is 3.92. The van der Waals surface area contributed by atoms with E-state index >= 15 is 0 Å². The van der Waals surface area contributed by atoms with E-state index in [9.17, 15) is 4.79 Å². The number of piperazine rings is 1. The van der Waals surface area contributed by atoms with Gasteiger partial charge in [0.15, 0.2) is 0 Å². The summed E-state index contributed by atoms with van der Waals surface area (Å²) in [6.45, 7) is 6.42. The predicted molar refractivity (Wildman–Crippen MR) is 120 cm³/mol. The van der Waals surface area contributed by atoms with Gasteiger partial charge in [0.25, 0.3) is 0 Å². The molecule has 0 atom stereocenters. The summed E-state index contributed by atoms with van der Waals surface area (Å²) in [4.78, 5) is 19.2. The van der Waals surface area contributed by atoms with Crippen LogP contribution in [0.1, 0.15) is 24.8 Å². The molecule has 0 bridgehead atoms. The lowest BCUT2D eigenvalue weighted by molar-refractivity contribution is 0.194. The van der Waals surface area contributed by atoms with Crippen LogP contribution in [0.15, 0.2) is 54.6 Å². The van der Waals surface area contributed by atoms with Gasteiger partial charge in [0, 0.05) is 57.2 Å². The van der Waals surface area contributed by atoms with Gasteiger partial charge in [-0.25, -0.2) is 4.79 Å². The molecule has 29 heavy (non-hydrogen) atoms. The number of amides is 2. The van der Waals surface area contributed by atoms with Gasteiger partial charge in [0.1, 0.15) is 0 Å². The summed E-state index contributed by atoms with van der Waals surface area (Å²) in [5.74, 6) is 0. The van der Waals surface area contributed by atoms with Crippen LogP contribution in [0.3, 0.4) is 0 Å². The molecule has 4 rings (SSSR count). The Kier molecular flexibility index (Phi) is 6.55. The van der Waals surface area contributed by atoms with Gasteiger partial charge in [-0.3, -0.25) is 0 Å². The molecular formula is C24H32N4O. The monoisotopic (exact) mass is 392 g/mol. The summed E-state index contributed by atoms with van der Waals surface area (Å²) in [5, 5.41) is 3.08. The minimum Gasteiger partial charge on any atom is -0.372 e. The maximum Gasteiger partial charge on any atom is 0.317 e. The van der Waals surface area contributed by atoms with Crippen LogP contribution < -0.4 is 15.1 Å². The van der Waals surface area contributed by atoms with E-state index in [1.54, 1.807) is 0 Å². The Balaban J connectivity index is 1.18. The first-order chi connectivity index (χ1) is 14.3. The van der Waals surface area contributed by atoms with E-state index in [0.29, 0.717) is 0 Å². The first-order valence-electron chi connectivity index (χ1n) is 11.0. The summed E-state index contributed by atoms with van der Waals surface area (Å²) in [6, 6.07) is 19.5. The number of rotatable bonds is 6. The summed E-state index contributed by atoms with van der Waals surface area (Å²) in [6.07, 6.45) is 4.58. The number of nitrogens with one attached hydrogen (secondary N) is 1. The fourth-order valence-corrected chi connectivity index (χ4v) is 4.26. The largest absolute Gasteiger partial charge is 0.372 e. The Morgan fingerprint density at radius 3 is 1.97 bits per heavy atom. The molecule has 2 heterocycles. The van der Waals surface area contributed by atoms with Crippen molar-refractivity contribution in [3.8, 4) is 0 Å². The Labute approximate surface area is 174 Å². The van der Waals surface area contributed by atoms with E-state index in [1.165, 1.54) is 42.9 Å². The second-order valence-corrected chi connectivity index (χ2v) is 8.01. The van der Waals surface area contributed by atoms with E-state index in [1.807, 2.05) is 11.0 Å². The highest BCUT2D eigenvalue weighted by Crippen LogP contribution is 2.24. The highest BCUT2D eigenvalue weighted by Gasteiger charge is 2.21. The van der Waals surface area contributed by atoms with Crippen LogP contribution in [0.2, 0.25) is 0 Å². The molecule has 5 nitrogen and oxygen atoms in total. The van der Waals surface area contributed by atoms with Crippen LogP contribution in [0.5, 0.6) is 0 Å². The molecule has 0 spiro atoms. The van der Waals surface area contributed by atoms with E-state index in [2.05, 4.69) is 63.6 Å². The maximum atomic E-state index is 12.4. The molecule has 2 aromatic carbocycles. The third kappa shape index (κ3) is 5.22. The maximum absolute atomic E-state index is 12.4. The standard InChI is InChI=1S/C24H32N4O/c29-24(25-14-6-9-21-7-2-1-3-8-21)28-19-17-27(18-20-28)23-12-10-22(11-13-23)26-15-4-5-16-26/h1-3,7-8,10-13H,4-6,9,14-20H2,(H,25,29). The van der Waals surface area contributed by atoms with Gasteiger partial charge in [0.05, 0.1) is 0 Å². The smallest absolute Gasteiger partial charge is 0.317 e. The lowest BCUT2D eigenvalue weighted by atomic mass is 10.1. The van der Waals surface area contributed by atoms with E-state index in [4.69, 9.17) is 0 Å². The zero-order valence-corrected chi connectivity index (χ0v) is 17.2. The molecule has 2 aliphatic rings. The van der Waals surface area contributed by atoms with E-state index < -0.39 is 0 Å². The quantitative estimate of drug-likeness (QED) is 0.761. The highest BCUT2D eigenvalue weighted by atomic mass is 16.2. The molecule has 0 saturated carbocycles. The Morgan fingerprint density at radius 1 is 0.759 bits per heavy atom. The number of benzene rings is 2. The second-order valence-electron chi connectivity index (χ2n) is 8.01. The number of hydrogen-bond donors (Lipinski definition) is 1. The first-order valence-corrected chi connectivity index (χ1v) is 11.0. The number of carbonyl (C=O) groups excluding carboxylic acids is 1. The highest BCUT2D eigenvalue weighted by molar-refractivity contribution is 5.74. The molecule has 2 saturated heterocycles. The van der Waals surface area contributed by atoms with Gasteiger partial charge in [-0.15, -0.1) is 0 Å². The SMILES string of the molecule is O=C(NCCCc1ccccc1)N1CCN(c2ccc(N3CCCC3)cc2)CC1. The van der Waals surface area contributed by atoms with Crippen molar-refractivity contribution in [3.05, 3.63) is 60.2 Å². The Bertz CT molecular complexity index is 763. The molecule has 0 aromatic heterocycles. The molecule has 5 heteroatoms. The average molecular weight is 393 g/mol. The topological polar surface area (TPSA) is 38.8 Å². The molecule has 0 unspecified atom stereocenters. The van der Waals surface area contributed by atoms with Crippen molar-refractivity contribution in [1.29, 1.82) is 0 Å². The van der Waals surface area contributed by atoms with Crippen LogP contribution >= 0.6 is 0 Å². The van der Waals surface area contributed by atoms with Crippen molar-refractivity contribution >= 4 is 17.4 Å². The minimum atomic E-state index is 0.0714. The van der Waals surface area contributed by atoms with Crippen LogP contribution in [-0.4, -0.2) is 56.7 Å². The third-order valence-electron chi connectivity index (χ3n) is 6.01. The van der Waals surface area contributed by atoms with Crippen molar-refractivity contribution < 1.29 is 4.79 Å². The van der Waals surface area contributed by atoms with E-state index in [0.717, 1.165) is 45.6 Å². The van der Waals surface area contributed by atoms with Crippen molar-refractivity contribution in [2.45, 2.75) is 25.7 Å². The number of anilines is 2. The minimum absolute atomic E-state index is 0.0714. The van der Waals surface area contributed by atoms with Gasteiger partial charge in [0.2, 0.25) is 0 Å². The number of hydrogen-bond acceptors (Lipinski definition) is 3. The third-order valence-corrected chi connectivity index (χ3v) is 6.01. The predicted octanol–water partition coefficient (Wildman–Crippen LogP) is 3.75. The van der Waals surface area contributed by atoms with Crippen LogP contribution in [0.25, 0.3) is 0 Å². The fraction of sp³-hybridized carbons (Fsp3) is 0.458. The molecule has 154 valence electrons. The molecule has 1 N–H and O–H groups in total. The summed E-state index contributed by atoms with van der Waals surface area (Å²) >= 11 is 0. The van der Waals surface area contributed by atoms with Crippen molar-refractivity contribution in [2.24, 2.45) is 0 Å². The lowest BCUT2D eigenvalue weighted by Crippen LogP contribution is -2.52. The zero-order valence-electron chi connectivity index (χ0n) is 17.2. The van der Waals surface area contributed by atoms with Crippen molar-refractivity contribution in [1.82, 2.24) is 10.2 Å². The lowest BCUT2D eigenvalue weighted by Gasteiger charge is -2.36. The summed E-state index contributed by atoms with van der Waals surface area (Å²) in [7, 11) is 0. The molecule has 2 aromatic rings. The van der Waals surface area contributed by atoms with Crippen molar-refractivity contribution in [3.63, 3.8) is 0 Å². The summed E-state index contributed by atoms with van der Waals surface area (Å²) < 4.78 is 0. The van der Waals surface area contributed by atoms with Crippen LogP contribution in [0, 0.1) is 0 Å². The number of urea groups is 1. The fourth-order valence-electron chi connectivity index (χ4n) is 4.26. The van der Waals surface area contributed by atoms with Gasteiger partial charge in [-0.1, -0.05) is 30.3 Å². The normalized spacial score (nSPS) is 16.9. The number of nitrogens with zero attached hydrogens (tertiary/aromatic N) is 3. The average Bonchev–Trinajstić information content (AvgIpc) is 3.33. The molecule has 2 aliphatic heterocycles. The van der Waals surface area contributed by atoms with Crippen LogP contribution in [0.4, 0.5) is 16.2 Å².